The highest BCUT2D eigenvalue weighted by molar-refractivity contribution is 7.22. The number of fused-ring (bicyclic) bond motifs is 2. The predicted molar refractivity (Wildman–Crippen MR) is 137 cm³/mol. The third-order valence-corrected chi connectivity index (χ3v) is 7.56. The number of rotatable bonds is 7. The first-order valence-electron chi connectivity index (χ1n) is 11.4. The highest BCUT2D eigenvalue weighted by Crippen LogP contribution is 2.31. The van der Waals surface area contributed by atoms with Crippen molar-refractivity contribution in [2.24, 2.45) is 13.0 Å². The summed E-state index contributed by atoms with van der Waals surface area (Å²) in [5.74, 6) is 1.05. The number of carbonyl (C=O) groups excluding carboxylic acids is 1. The Bertz CT molecular complexity index is 1330. The van der Waals surface area contributed by atoms with Gasteiger partial charge < -0.3 is 25.2 Å². The van der Waals surface area contributed by atoms with Crippen molar-refractivity contribution in [3.05, 3.63) is 47.0 Å². The van der Waals surface area contributed by atoms with Gasteiger partial charge in [-0.3, -0.25) is 4.79 Å². The number of anilines is 2. The molecular weight excluding hydrogens is 472 g/mol. The Morgan fingerprint density at radius 3 is 2.79 bits per heavy atom. The highest BCUT2D eigenvalue weighted by Gasteiger charge is 2.20. The number of nitrogens with zero attached hydrogens (tertiary/aromatic N) is 4. The van der Waals surface area contributed by atoms with Gasteiger partial charge >= 0.3 is 0 Å². The van der Waals surface area contributed by atoms with Crippen molar-refractivity contribution in [1.29, 1.82) is 0 Å². The number of benzene rings is 2. The Hall–Kier alpha value is -2.72. The number of piperidine rings is 1. The Morgan fingerprint density at radius 1 is 1.18 bits per heavy atom. The van der Waals surface area contributed by atoms with Crippen molar-refractivity contribution in [1.82, 2.24) is 24.8 Å². The number of likely N-dealkylation sites (tertiary alicyclic amines) is 1. The van der Waals surface area contributed by atoms with Gasteiger partial charge in [0.1, 0.15) is 0 Å². The molecule has 1 amide bonds. The summed E-state index contributed by atoms with van der Waals surface area (Å²) in [5.41, 5.74) is 3.16. The van der Waals surface area contributed by atoms with Gasteiger partial charge in [-0.05, 0) is 68.2 Å². The van der Waals surface area contributed by atoms with Crippen LogP contribution in [-0.2, 0) is 7.05 Å². The molecule has 0 aliphatic carbocycles. The molecule has 8 nitrogen and oxygen atoms in total. The summed E-state index contributed by atoms with van der Waals surface area (Å²) in [6, 6.07) is 11.2. The van der Waals surface area contributed by atoms with Gasteiger partial charge in [-0.1, -0.05) is 22.9 Å². The molecule has 2 aromatic carbocycles. The first-order chi connectivity index (χ1) is 16.5. The fourth-order valence-electron chi connectivity index (χ4n) is 4.40. The van der Waals surface area contributed by atoms with Gasteiger partial charge in [-0.25, -0.2) is 9.97 Å². The molecule has 4 aromatic rings. The zero-order valence-corrected chi connectivity index (χ0v) is 20.5. The van der Waals surface area contributed by atoms with Gasteiger partial charge in [0.05, 0.1) is 27.9 Å². The topological polar surface area (TPSA) is 95.3 Å². The summed E-state index contributed by atoms with van der Waals surface area (Å²) in [7, 11) is 1.94. The number of amides is 1. The Morgan fingerprint density at radius 2 is 2.00 bits per heavy atom. The summed E-state index contributed by atoms with van der Waals surface area (Å²) in [6.45, 7) is 3.54. The van der Waals surface area contributed by atoms with Crippen LogP contribution in [0.4, 0.5) is 11.1 Å². The molecule has 10 heteroatoms. The van der Waals surface area contributed by atoms with E-state index in [0.717, 1.165) is 58.9 Å². The summed E-state index contributed by atoms with van der Waals surface area (Å²) in [5, 5.41) is 16.9. The molecular formula is C24H27ClN6O2S. The maximum absolute atomic E-state index is 12.8. The first kappa shape index (κ1) is 23.0. The second-order valence-corrected chi connectivity index (χ2v) is 10.1. The number of aliphatic hydroxyl groups is 1. The molecule has 0 bridgehead atoms. The highest BCUT2D eigenvalue weighted by atomic mass is 35.5. The van der Waals surface area contributed by atoms with Crippen molar-refractivity contribution in [2.75, 3.05) is 38.1 Å². The first-order valence-corrected chi connectivity index (χ1v) is 12.6. The Kier molecular flexibility index (Phi) is 6.69. The lowest BCUT2D eigenvalue weighted by Gasteiger charge is -2.31. The van der Waals surface area contributed by atoms with Crippen LogP contribution in [0.5, 0.6) is 0 Å². The van der Waals surface area contributed by atoms with Crippen molar-refractivity contribution >= 4 is 61.2 Å². The van der Waals surface area contributed by atoms with E-state index in [1.807, 2.05) is 48.0 Å². The number of aryl methyl sites for hydroxylation is 1. The standard InChI is InChI=1S/C24H27ClN6O2S/c1-30-20-5-2-16(22(33)26-14-15-6-8-31(9-7-15)10-11-32)12-19(20)27-23(30)29-24-28-18-4-3-17(25)13-21(18)34-24/h2-5,12-13,15,32H,6-11,14H2,1H3,(H,26,33)(H,27,28,29). The molecule has 0 atom stereocenters. The quantitative estimate of drug-likeness (QED) is 0.356. The van der Waals surface area contributed by atoms with E-state index >= 15 is 0 Å². The maximum atomic E-state index is 12.8. The minimum Gasteiger partial charge on any atom is -0.395 e. The zero-order valence-electron chi connectivity index (χ0n) is 18.9. The second-order valence-electron chi connectivity index (χ2n) is 8.67. The third kappa shape index (κ3) is 4.88. The van der Waals surface area contributed by atoms with Crippen LogP contribution in [0, 0.1) is 5.92 Å². The van der Waals surface area contributed by atoms with Crippen molar-refractivity contribution in [3.63, 3.8) is 0 Å². The van der Waals surface area contributed by atoms with E-state index in [1.165, 1.54) is 11.3 Å². The van der Waals surface area contributed by atoms with Crippen LogP contribution >= 0.6 is 22.9 Å². The lowest BCUT2D eigenvalue weighted by atomic mass is 9.96. The minimum atomic E-state index is -0.0806. The fourth-order valence-corrected chi connectivity index (χ4v) is 5.53. The smallest absolute Gasteiger partial charge is 0.251 e. The summed E-state index contributed by atoms with van der Waals surface area (Å²) in [4.78, 5) is 24.4. The number of aromatic nitrogens is 3. The van der Waals surface area contributed by atoms with Gasteiger partial charge in [0.15, 0.2) is 5.13 Å². The molecule has 0 saturated carbocycles. The van der Waals surface area contributed by atoms with Gasteiger partial charge in [-0.15, -0.1) is 0 Å². The van der Waals surface area contributed by atoms with E-state index < -0.39 is 0 Å². The van der Waals surface area contributed by atoms with Crippen LogP contribution in [-0.4, -0.2) is 63.2 Å². The Labute approximate surface area is 206 Å². The number of imidazole rings is 1. The molecule has 5 rings (SSSR count). The lowest BCUT2D eigenvalue weighted by Crippen LogP contribution is -2.39. The number of carbonyl (C=O) groups is 1. The second kappa shape index (κ2) is 9.87. The van der Waals surface area contributed by atoms with E-state index in [1.54, 1.807) is 0 Å². The summed E-state index contributed by atoms with van der Waals surface area (Å²) in [6.07, 6.45) is 2.07. The molecule has 2 aromatic heterocycles. The van der Waals surface area contributed by atoms with E-state index in [-0.39, 0.29) is 12.5 Å². The number of aliphatic hydroxyl groups excluding tert-OH is 1. The van der Waals surface area contributed by atoms with Crippen LogP contribution < -0.4 is 10.6 Å². The molecule has 34 heavy (non-hydrogen) atoms. The van der Waals surface area contributed by atoms with Gasteiger partial charge in [-0.2, -0.15) is 0 Å². The molecule has 0 radical (unpaired) electrons. The van der Waals surface area contributed by atoms with E-state index in [2.05, 4.69) is 20.5 Å². The van der Waals surface area contributed by atoms with E-state index in [0.29, 0.717) is 29.0 Å². The number of halogens is 1. The van der Waals surface area contributed by atoms with Crippen LogP contribution in [0.1, 0.15) is 23.2 Å². The normalized spacial score (nSPS) is 15.3. The van der Waals surface area contributed by atoms with Crippen LogP contribution in [0.3, 0.4) is 0 Å². The number of thiazole rings is 1. The molecule has 3 heterocycles. The molecule has 1 aliphatic rings. The zero-order chi connectivity index (χ0) is 23.7. The largest absolute Gasteiger partial charge is 0.395 e. The van der Waals surface area contributed by atoms with Crippen molar-refractivity contribution in [2.45, 2.75) is 12.8 Å². The number of nitrogens with one attached hydrogen (secondary N) is 2. The van der Waals surface area contributed by atoms with Crippen molar-refractivity contribution in [3.8, 4) is 0 Å². The summed E-state index contributed by atoms with van der Waals surface area (Å²) >= 11 is 7.61. The van der Waals surface area contributed by atoms with Gasteiger partial charge in [0, 0.05) is 30.7 Å². The van der Waals surface area contributed by atoms with E-state index in [9.17, 15) is 4.79 Å². The predicted octanol–water partition coefficient (Wildman–Crippen LogP) is 4.01. The van der Waals surface area contributed by atoms with Gasteiger partial charge in [0.2, 0.25) is 5.95 Å². The number of hydrogen-bond acceptors (Lipinski definition) is 7. The molecule has 1 aliphatic heterocycles. The molecule has 3 N–H and O–H groups in total. The van der Waals surface area contributed by atoms with Crippen molar-refractivity contribution < 1.29 is 9.90 Å². The van der Waals surface area contributed by atoms with Crippen LogP contribution in [0.15, 0.2) is 36.4 Å². The average molecular weight is 499 g/mol. The average Bonchev–Trinajstić information content (AvgIpc) is 3.38. The van der Waals surface area contributed by atoms with Gasteiger partial charge in [0.25, 0.3) is 5.91 Å². The molecule has 1 fully saturated rings. The maximum Gasteiger partial charge on any atom is 0.251 e. The molecule has 1 saturated heterocycles. The molecule has 0 unspecified atom stereocenters. The molecule has 178 valence electrons. The van der Waals surface area contributed by atoms with Crippen LogP contribution in [0.25, 0.3) is 21.3 Å². The third-order valence-electron chi connectivity index (χ3n) is 6.39. The molecule has 0 spiro atoms. The minimum absolute atomic E-state index is 0.0806. The monoisotopic (exact) mass is 498 g/mol. The summed E-state index contributed by atoms with van der Waals surface area (Å²) < 4.78 is 2.96. The SMILES string of the molecule is Cn1c(Nc2nc3ccc(Cl)cc3s2)nc2cc(C(=O)NCC3CCN(CCO)CC3)ccc21. The number of β-amino-alcohol motifs (C(OH)–C–C–N with tert-alkyl or cyclic N) is 1. The number of hydrogen-bond donors (Lipinski definition) is 3. The van der Waals surface area contributed by atoms with Crippen LogP contribution in [0.2, 0.25) is 5.02 Å². The lowest BCUT2D eigenvalue weighted by molar-refractivity contribution is 0.0933. The Balaban J connectivity index is 1.25. The fraction of sp³-hybridized carbons (Fsp3) is 0.375. The van der Waals surface area contributed by atoms with E-state index in [4.69, 9.17) is 21.7 Å².